The van der Waals surface area contributed by atoms with E-state index in [0.29, 0.717) is 6.61 Å². The highest BCUT2D eigenvalue weighted by atomic mass is 16.5. The van der Waals surface area contributed by atoms with Crippen molar-refractivity contribution in [2.75, 3.05) is 13.2 Å². The zero-order valence-corrected chi connectivity index (χ0v) is 12.0. The van der Waals surface area contributed by atoms with Crippen LogP contribution < -0.4 is 5.32 Å². The van der Waals surface area contributed by atoms with Crippen molar-refractivity contribution in [2.45, 2.75) is 26.5 Å². The van der Waals surface area contributed by atoms with Gasteiger partial charge in [-0.2, -0.15) is 0 Å². The molecule has 3 nitrogen and oxygen atoms in total. The predicted octanol–water partition coefficient (Wildman–Crippen LogP) is 3.09. The van der Waals surface area contributed by atoms with E-state index >= 15 is 0 Å². The van der Waals surface area contributed by atoms with E-state index in [1.807, 2.05) is 18.3 Å². The van der Waals surface area contributed by atoms with Gasteiger partial charge in [0.1, 0.15) is 0 Å². The summed E-state index contributed by atoms with van der Waals surface area (Å²) in [6.45, 7) is 5.31. The number of hydrogen-bond acceptors (Lipinski definition) is 3. The van der Waals surface area contributed by atoms with Crippen molar-refractivity contribution in [3.8, 4) is 0 Å². The summed E-state index contributed by atoms with van der Waals surface area (Å²) in [5.41, 5.74) is 3.54. The molecule has 0 saturated heterocycles. The minimum absolute atomic E-state index is 0.603. The number of benzene rings is 1. The fourth-order valence-corrected chi connectivity index (χ4v) is 1.97. The Morgan fingerprint density at radius 1 is 1.10 bits per heavy atom. The maximum atomic E-state index is 5.65. The van der Waals surface area contributed by atoms with Gasteiger partial charge in [-0.1, -0.05) is 36.4 Å². The topological polar surface area (TPSA) is 34.1 Å². The molecule has 1 N–H and O–H groups in total. The molecule has 0 fully saturated rings. The van der Waals surface area contributed by atoms with Crippen LogP contribution in [0.25, 0.3) is 0 Å². The Bertz CT molecular complexity index is 499. The fourth-order valence-electron chi connectivity index (χ4n) is 1.97. The second-order valence-electron chi connectivity index (χ2n) is 4.84. The molecule has 106 valence electrons. The molecule has 0 amide bonds. The lowest BCUT2D eigenvalue weighted by Gasteiger charge is -2.07. The van der Waals surface area contributed by atoms with Crippen LogP contribution in [0.15, 0.2) is 48.7 Å². The van der Waals surface area contributed by atoms with Crippen LogP contribution in [-0.2, 0) is 17.9 Å². The summed E-state index contributed by atoms with van der Waals surface area (Å²) in [7, 11) is 0. The monoisotopic (exact) mass is 270 g/mol. The van der Waals surface area contributed by atoms with Crippen LogP contribution in [0.3, 0.4) is 0 Å². The molecule has 3 heteroatoms. The standard InChI is InChI=1S/C17H22N2O/c1-15-7-5-11-19-17(15)14-20-12-6-10-18-13-16-8-3-2-4-9-16/h2-5,7-9,11,18H,6,10,12-14H2,1H3. The van der Waals surface area contributed by atoms with Crippen molar-refractivity contribution >= 4 is 0 Å². The minimum Gasteiger partial charge on any atom is -0.375 e. The van der Waals surface area contributed by atoms with Crippen LogP contribution in [0.5, 0.6) is 0 Å². The van der Waals surface area contributed by atoms with E-state index in [0.717, 1.165) is 31.8 Å². The lowest BCUT2D eigenvalue weighted by atomic mass is 10.2. The molecule has 20 heavy (non-hydrogen) atoms. The number of aryl methyl sites for hydroxylation is 1. The average molecular weight is 270 g/mol. The number of hydrogen-bond donors (Lipinski definition) is 1. The highest BCUT2D eigenvalue weighted by Gasteiger charge is 1.98. The normalized spacial score (nSPS) is 10.7. The van der Waals surface area contributed by atoms with E-state index < -0.39 is 0 Å². The molecule has 0 saturated carbocycles. The Labute approximate surface area is 121 Å². The molecule has 0 bridgehead atoms. The third-order valence-electron chi connectivity index (χ3n) is 3.17. The molecular weight excluding hydrogens is 248 g/mol. The number of rotatable bonds is 8. The van der Waals surface area contributed by atoms with Crippen LogP contribution in [0.4, 0.5) is 0 Å². The molecule has 0 unspecified atom stereocenters. The summed E-state index contributed by atoms with van der Waals surface area (Å²) in [6.07, 6.45) is 2.83. The van der Waals surface area contributed by atoms with Crippen LogP contribution in [0, 0.1) is 6.92 Å². The summed E-state index contributed by atoms with van der Waals surface area (Å²) < 4.78 is 5.65. The maximum Gasteiger partial charge on any atom is 0.0890 e. The highest BCUT2D eigenvalue weighted by molar-refractivity contribution is 5.16. The first-order valence-electron chi connectivity index (χ1n) is 7.09. The molecule has 1 aromatic carbocycles. The van der Waals surface area contributed by atoms with Crippen LogP contribution in [0.2, 0.25) is 0 Å². The van der Waals surface area contributed by atoms with Crippen LogP contribution in [0.1, 0.15) is 23.2 Å². The second kappa shape index (κ2) is 8.46. The number of nitrogens with zero attached hydrogens (tertiary/aromatic N) is 1. The summed E-state index contributed by atoms with van der Waals surface area (Å²) >= 11 is 0. The van der Waals surface area contributed by atoms with Crippen molar-refractivity contribution in [1.29, 1.82) is 0 Å². The molecule has 1 heterocycles. The highest BCUT2D eigenvalue weighted by Crippen LogP contribution is 2.04. The van der Waals surface area contributed by atoms with Crippen molar-refractivity contribution in [3.05, 3.63) is 65.5 Å². The van der Waals surface area contributed by atoms with Gasteiger partial charge in [0.25, 0.3) is 0 Å². The van der Waals surface area contributed by atoms with Gasteiger partial charge in [-0.05, 0) is 37.1 Å². The quantitative estimate of drug-likeness (QED) is 0.748. The summed E-state index contributed by atoms with van der Waals surface area (Å²) in [5, 5.41) is 3.42. The molecule has 2 rings (SSSR count). The minimum atomic E-state index is 0.603. The Kier molecular flexibility index (Phi) is 6.21. The smallest absolute Gasteiger partial charge is 0.0890 e. The third-order valence-corrected chi connectivity index (χ3v) is 3.17. The van der Waals surface area contributed by atoms with Gasteiger partial charge < -0.3 is 10.1 Å². The van der Waals surface area contributed by atoms with Crippen LogP contribution >= 0.6 is 0 Å². The molecule has 0 aliphatic rings. The molecular formula is C17H22N2O. The molecule has 0 spiro atoms. The van der Waals surface area contributed by atoms with Crippen molar-refractivity contribution in [1.82, 2.24) is 10.3 Å². The first kappa shape index (κ1) is 14.7. The van der Waals surface area contributed by atoms with E-state index in [2.05, 4.69) is 47.6 Å². The molecule has 0 aliphatic heterocycles. The fraction of sp³-hybridized carbons (Fsp3) is 0.353. The van der Waals surface area contributed by atoms with E-state index in [4.69, 9.17) is 4.74 Å². The van der Waals surface area contributed by atoms with Gasteiger partial charge in [-0.15, -0.1) is 0 Å². The number of nitrogens with one attached hydrogen (secondary N) is 1. The Hall–Kier alpha value is -1.71. The zero-order chi connectivity index (χ0) is 14.0. The van der Waals surface area contributed by atoms with E-state index in [-0.39, 0.29) is 0 Å². The Balaban J connectivity index is 1.53. The van der Waals surface area contributed by atoms with Crippen LogP contribution in [-0.4, -0.2) is 18.1 Å². The van der Waals surface area contributed by atoms with Crippen molar-refractivity contribution in [3.63, 3.8) is 0 Å². The Morgan fingerprint density at radius 3 is 2.75 bits per heavy atom. The number of ether oxygens (including phenoxy) is 1. The van der Waals surface area contributed by atoms with Crippen molar-refractivity contribution < 1.29 is 4.74 Å². The molecule has 1 aromatic heterocycles. The van der Waals surface area contributed by atoms with Gasteiger partial charge >= 0.3 is 0 Å². The lowest BCUT2D eigenvalue weighted by Crippen LogP contribution is -2.16. The van der Waals surface area contributed by atoms with Gasteiger partial charge in [0, 0.05) is 19.3 Å². The molecule has 2 aromatic rings. The molecule has 0 radical (unpaired) electrons. The van der Waals surface area contributed by atoms with Gasteiger partial charge in [0.15, 0.2) is 0 Å². The number of pyridine rings is 1. The molecule has 0 atom stereocenters. The van der Waals surface area contributed by atoms with Gasteiger partial charge in [-0.3, -0.25) is 4.98 Å². The van der Waals surface area contributed by atoms with E-state index in [9.17, 15) is 0 Å². The first-order chi connectivity index (χ1) is 9.86. The Morgan fingerprint density at radius 2 is 1.95 bits per heavy atom. The zero-order valence-electron chi connectivity index (χ0n) is 12.0. The second-order valence-corrected chi connectivity index (χ2v) is 4.84. The van der Waals surface area contributed by atoms with E-state index in [1.165, 1.54) is 11.1 Å². The van der Waals surface area contributed by atoms with Gasteiger partial charge in [-0.25, -0.2) is 0 Å². The average Bonchev–Trinajstić information content (AvgIpc) is 2.49. The SMILES string of the molecule is Cc1cccnc1COCCCNCc1ccccc1. The third kappa shape index (κ3) is 5.11. The number of aromatic nitrogens is 1. The summed E-state index contributed by atoms with van der Waals surface area (Å²) in [6, 6.07) is 14.4. The predicted molar refractivity (Wildman–Crippen MR) is 81.4 cm³/mol. The van der Waals surface area contributed by atoms with E-state index in [1.54, 1.807) is 0 Å². The first-order valence-corrected chi connectivity index (χ1v) is 7.09. The summed E-state index contributed by atoms with van der Waals surface area (Å²) in [5.74, 6) is 0. The molecule has 0 aliphatic carbocycles. The van der Waals surface area contributed by atoms with Gasteiger partial charge in [0.05, 0.1) is 12.3 Å². The van der Waals surface area contributed by atoms with Crippen molar-refractivity contribution in [2.24, 2.45) is 0 Å². The largest absolute Gasteiger partial charge is 0.375 e. The summed E-state index contributed by atoms with van der Waals surface area (Å²) in [4.78, 5) is 4.31. The maximum absolute atomic E-state index is 5.65. The lowest BCUT2D eigenvalue weighted by molar-refractivity contribution is 0.115. The van der Waals surface area contributed by atoms with Gasteiger partial charge in [0.2, 0.25) is 0 Å².